The minimum Gasteiger partial charge on any atom is -0.140 e. The summed E-state index contributed by atoms with van der Waals surface area (Å²) in [5, 5.41) is 1.10. The summed E-state index contributed by atoms with van der Waals surface area (Å²) in [4.78, 5) is 0. The maximum atomic E-state index is 13.5. The van der Waals surface area contributed by atoms with Crippen molar-refractivity contribution in [3.8, 4) is 0 Å². The van der Waals surface area contributed by atoms with Gasteiger partial charge in [0.05, 0.1) is 5.54 Å². The predicted molar refractivity (Wildman–Crippen MR) is 49.6 cm³/mol. The van der Waals surface area contributed by atoms with E-state index in [1.807, 2.05) is 0 Å². The molecule has 1 atom stereocenters. The van der Waals surface area contributed by atoms with E-state index in [0.29, 0.717) is 6.54 Å². The van der Waals surface area contributed by atoms with Crippen LogP contribution in [-0.4, -0.2) is 17.2 Å². The lowest BCUT2D eigenvalue weighted by molar-refractivity contribution is -0.115. The van der Waals surface area contributed by atoms with Crippen molar-refractivity contribution >= 4 is 0 Å². The number of hydrogen-bond acceptors (Lipinski definition) is 1. The van der Waals surface area contributed by atoms with Gasteiger partial charge in [0.1, 0.15) is 0 Å². The summed E-state index contributed by atoms with van der Waals surface area (Å²) in [6.45, 7) is 4.89. The molecular weight excluding hydrogens is 153 g/mol. The van der Waals surface area contributed by atoms with Gasteiger partial charge in [0.25, 0.3) is 0 Å². The quantitative estimate of drug-likeness (QED) is 0.592. The largest absolute Gasteiger partial charge is 0.140 e. The summed E-state index contributed by atoms with van der Waals surface area (Å²) >= 11 is 0. The van der Waals surface area contributed by atoms with Crippen LogP contribution in [0.1, 0.15) is 52.4 Å². The molecule has 0 spiro atoms. The van der Waals surface area contributed by atoms with Crippen molar-refractivity contribution in [3.05, 3.63) is 0 Å². The van der Waals surface area contributed by atoms with E-state index in [0.717, 1.165) is 37.2 Å². The molecule has 0 amide bonds. The van der Waals surface area contributed by atoms with Crippen LogP contribution in [0.4, 0.5) is 4.48 Å². The average Bonchev–Trinajstić information content (AvgIpc) is 2.10. The number of nitrogens with zero attached hydrogens (tertiary/aromatic N) is 1. The summed E-state index contributed by atoms with van der Waals surface area (Å²) in [6, 6.07) is 0. The lowest BCUT2D eigenvalue weighted by atomic mass is 9.82. The molecule has 0 aromatic rings. The van der Waals surface area contributed by atoms with Crippen molar-refractivity contribution in [2.75, 3.05) is 6.54 Å². The fraction of sp³-hybridized carbons (Fsp3) is 1.00. The summed E-state index contributed by atoms with van der Waals surface area (Å²) < 4.78 is 13.5. The van der Waals surface area contributed by atoms with E-state index >= 15 is 0 Å². The van der Waals surface area contributed by atoms with Crippen LogP contribution in [0.5, 0.6) is 0 Å². The Morgan fingerprint density at radius 2 is 2.08 bits per heavy atom. The van der Waals surface area contributed by atoms with Crippen molar-refractivity contribution in [1.82, 2.24) is 5.12 Å². The molecule has 0 N–H and O–H groups in total. The predicted octanol–water partition coefficient (Wildman–Crippen LogP) is 3.31. The van der Waals surface area contributed by atoms with Crippen LogP contribution < -0.4 is 0 Å². The molecular formula is C10H20FN. The van der Waals surface area contributed by atoms with Gasteiger partial charge in [-0.2, -0.15) is 0 Å². The first-order valence-electron chi connectivity index (χ1n) is 5.18. The first-order chi connectivity index (χ1) is 5.75. The van der Waals surface area contributed by atoms with Crippen LogP contribution in [-0.2, 0) is 0 Å². The third-order valence-corrected chi connectivity index (χ3v) is 3.13. The van der Waals surface area contributed by atoms with Gasteiger partial charge < -0.3 is 0 Å². The zero-order chi connectivity index (χ0) is 9.03. The highest BCUT2D eigenvalue weighted by Gasteiger charge is 2.36. The molecule has 0 bridgehead atoms. The number of rotatable bonds is 3. The summed E-state index contributed by atoms with van der Waals surface area (Å²) in [7, 11) is 0. The lowest BCUT2D eigenvalue weighted by Crippen LogP contribution is -2.46. The van der Waals surface area contributed by atoms with E-state index in [1.165, 1.54) is 6.42 Å². The van der Waals surface area contributed by atoms with Crippen molar-refractivity contribution in [2.24, 2.45) is 0 Å². The fourth-order valence-corrected chi connectivity index (χ4v) is 2.30. The molecule has 0 aromatic heterocycles. The zero-order valence-electron chi connectivity index (χ0n) is 8.27. The number of hydrogen-bond donors (Lipinski definition) is 0. The highest BCUT2D eigenvalue weighted by Crippen LogP contribution is 2.35. The molecule has 1 heterocycles. The van der Waals surface area contributed by atoms with E-state index in [2.05, 4.69) is 13.8 Å². The van der Waals surface area contributed by atoms with Crippen molar-refractivity contribution in [1.29, 1.82) is 0 Å². The molecule has 0 aliphatic carbocycles. The van der Waals surface area contributed by atoms with Crippen molar-refractivity contribution in [3.63, 3.8) is 0 Å². The van der Waals surface area contributed by atoms with Crippen molar-refractivity contribution < 1.29 is 4.48 Å². The zero-order valence-corrected chi connectivity index (χ0v) is 8.27. The minimum atomic E-state index is -0.104. The molecule has 2 heteroatoms. The van der Waals surface area contributed by atoms with Gasteiger partial charge in [0.2, 0.25) is 0 Å². The van der Waals surface area contributed by atoms with Crippen LogP contribution >= 0.6 is 0 Å². The molecule has 1 saturated heterocycles. The van der Waals surface area contributed by atoms with E-state index in [4.69, 9.17) is 0 Å². The van der Waals surface area contributed by atoms with E-state index < -0.39 is 0 Å². The van der Waals surface area contributed by atoms with E-state index in [-0.39, 0.29) is 5.54 Å². The summed E-state index contributed by atoms with van der Waals surface area (Å²) in [6.07, 6.45) is 6.34. The second-order valence-electron chi connectivity index (χ2n) is 3.87. The molecule has 1 rings (SSSR count). The van der Waals surface area contributed by atoms with Gasteiger partial charge in [-0.25, -0.2) is 0 Å². The maximum absolute atomic E-state index is 13.5. The maximum Gasteiger partial charge on any atom is 0.0509 e. The van der Waals surface area contributed by atoms with Gasteiger partial charge in [0.15, 0.2) is 0 Å². The minimum absolute atomic E-state index is 0.104. The standard InChI is InChI=1S/C10H20FN/c1-3-7-10(4-2)8-5-6-9-12(10)11/h3-9H2,1-2H3. The molecule has 0 saturated carbocycles. The fourth-order valence-electron chi connectivity index (χ4n) is 2.30. The van der Waals surface area contributed by atoms with Gasteiger partial charge >= 0.3 is 0 Å². The first kappa shape index (κ1) is 9.97. The third-order valence-electron chi connectivity index (χ3n) is 3.13. The third kappa shape index (κ3) is 1.79. The molecule has 12 heavy (non-hydrogen) atoms. The van der Waals surface area contributed by atoms with Gasteiger partial charge in [-0.3, -0.25) is 0 Å². The van der Waals surface area contributed by atoms with Crippen LogP contribution in [0, 0.1) is 0 Å². The molecule has 72 valence electrons. The van der Waals surface area contributed by atoms with Crippen LogP contribution in [0.2, 0.25) is 0 Å². The molecule has 0 radical (unpaired) electrons. The van der Waals surface area contributed by atoms with Gasteiger partial charge in [-0.1, -0.05) is 26.7 Å². The summed E-state index contributed by atoms with van der Waals surface area (Å²) in [5.41, 5.74) is -0.104. The van der Waals surface area contributed by atoms with Crippen molar-refractivity contribution in [2.45, 2.75) is 57.9 Å². The van der Waals surface area contributed by atoms with E-state index in [1.54, 1.807) is 0 Å². The Labute approximate surface area is 74.9 Å². The molecule has 1 nitrogen and oxygen atoms in total. The molecule has 1 aliphatic rings. The summed E-state index contributed by atoms with van der Waals surface area (Å²) in [5.74, 6) is 0. The number of halogens is 1. The lowest BCUT2D eigenvalue weighted by Gasteiger charge is -2.41. The van der Waals surface area contributed by atoms with Gasteiger partial charge in [0, 0.05) is 6.54 Å². The average molecular weight is 173 g/mol. The molecule has 0 aromatic carbocycles. The Morgan fingerprint density at radius 3 is 2.58 bits per heavy atom. The van der Waals surface area contributed by atoms with Gasteiger partial charge in [-0.05, 0) is 25.7 Å². The highest BCUT2D eigenvalue weighted by atomic mass is 19.2. The Hall–Kier alpha value is -0.110. The highest BCUT2D eigenvalue weighted by molar-refractivity contribution is 4.88. The second kappa shape index (κ2) is 4.22. The van der Waals surface area contributed by atoms with Crippen LogP contribution in [0.3, 0.4) is 0 Å². The van der Waals surface area contributed by atoms with E-state index in [9.17, 15) is 4.48 Å². The Bertz CT molecular complexity index is 134. The topological polar surface area (TPSA) is 3.24 Å². The van der Waals surface area contributed by atoms with Crippen LogP contribution in [0.25, 0.3) is 0 Å². The SMILES string of the molecule is CCCC1(CC)CCCCN1F. The molecule has 1 aliphatic heterocycles. The Kier molecular flexibility index (Phi) is 3.51. The molecule has 1 fully saturated rings. The normalized spacial score (nSPS) is 32.2. The van der Waals surface area contributed by atoms with Gasteiger partial charge in [-0.15, -0.1) is 9.60 Å². The Balaban J connectivity index is 2.60. The first-order valence-corrected chi connectivity index (χ1v) is 5.18. The Morgan fingerprint density at radius 1 is 1.33 bits per heavy atom. The monoisotopic (exact) mass is 173 g/mol. The smallest absolute Gasteiger partial charge is 0.0509 e. The number of piperidine rings is 1. The molecule has 1 unspecified atom stereocenters. The van der Waals surface area contributed by atoms with Crippen LogP contribution in [0.15, 0.2) is 0 Å². The second-order valence-corrected chi connectivity index (χ2v) is 3.87.